The molecule has 1 saturated heterocycles. The molecule has 0 aliphatic carbocycles. The Morgan fingerprint density at radius 2 is 1.05 bits per heavy atom. The van der Waals surface area contributed by atoms with Crippen molar-refractivity contribution in [3.8, 4) is 11.5 Å². The Kier molecular flexibility index (Phi) is 10.8. The molecule has 1 aromatic heterocycles. The van der Waals surface area contributed by atoms with Crippen molar-refractivity contribution in [1.82, 2.24) is 9.55 Å². The highest BCUT2D eigenvalue weighted by atomic mass is 19.3. The molecular formula is C49H43F2N3O6. The Balaban J connectivity index is 1.28. The number of ether oxygens (including phenoxy) is 3. The van der Waals surface area contributed by atoms with E-state index in [4.69, 9.17) is 14.2 Å². The van der Waals surface area contributed by atoms with Crippen LogP contribution >= 0.6 is 0 Å². The third-order valence-electron chi connectivity index (χ3n) is 11.6. The number of aliphatic hydroxyl groups excluding tert-OH is 1. The second-order valence-electron chi connectivity index (χ2n) is 14.6. The van der Waals surface area contributed by atoms with E-state index in [0.29, 0.717) is 27.2 Å². The first-order chi connectivity index (χ1) is 29.1. The van der Waals surface area contributed by atoms with Crippen LogP contribution in [0.5, 0.6) is 11.5 Å². The minimum atomic E-state index is -4.26. The van der Waals surface area contributed by atoms with Gasteiger partial charge >= 0.3 is 11.6 Å². The molecule has 0 unspecified atom stereocenters. The number of alkyl halides is 2. The number of aromatic nitrogens is 2. The average molecular weight is 808 g/mol. The molecule has 0 saturated carbocycles. The van der Waals surface area contributed by atoms with Gasteiger partial charge in [0.2, 0.25) is 6.23 Å². The highest BCUT2D eigenvalue weighted by molar-refractivity contribution is 5.59. The first-order valence-electron chi connectivity index (χ1n) is 19.4. The number of rotatable bonds is 13. The zero-order valence-corrected chi connectivity index (χ0v) is 32.9. The summed E-state index contributed by atoms with van der Waals surface area (Å²) >= 11 is 0. The molecular weight excluding hydrogens is 765 g/mol. The van der Waals surface area contributed by atoms with E-state index in [9.17, 15) is 15.0 Å². The number of nitrogens with zero attached hydrogens (tertiary/aromatic N) is 2. The molecule has 0 radical (unpaired) electrons. The lowest BCUT2D eigenvalue weighted by Gasteiger charge is -2.50. The smallest absolute Gasteiger partial charge is 0.351 e. The molecule has 1 fully saturated rings. The molecule has 1 aliphatic heterocycles. The van der Waals surface area contributed by atoms with Crippen LogP contribution in [0.1, 0.15) is 39.6 Å². The molecule has 6 aromatic carbocycles. The van der Waals surface area contributed by atoms with Crippen molar-refractivity contribution in [3.05, 3.63) is 226 Å². The van der Waals surface area contributed by atoms with E-state index in [-0.39, 0.29) is 11.4 Å². The number of anilines is 1. The number of hydrogen-bond acceptors (Lipinski definition) is 8. The van der Waals surface area contributed by atoms with Crippen LogP contribution in [0, 0.1) is 0 Å². The predicted molar refractivity (Wildman–Crippen MR) is 225 cm³/mol. The molecule has 9 nitrogen and oxygen atoms in total. The van der Waals surface area contributed by atoms with Crippen molar-refractivity contribution in [2.24, 2.45) is 0 Å². The molecule has 0 bridgehead atoms. The van der Waals surface area contributed by atoms with Gasteiger partial charge in [0.25, 0.3) is 0 Å². The van der Waals surface area contributed by atoms with Gasteiger partial charge in [-0.15, -0.1) is 0 Å². The quantitative estimate of drug-likeness (QED) is 0.101. The number of halogens is 2. The zero-order chi connectivity index (χ0) is 42.0. The van der Waals surface area contributed by atoms with E-state index in [1.54, 1.807) is 92.0 Å². The van der Waals surface area contributed by atoms with E-state index < -0.39 is 47.1 Å². The van der Waals surface area contributed by atoms with E-state index >= 15 is 8.78 Å². The van der Waals surface area contributed by atoms with Gasteiger partial charge in [0.1, 0.15) is 29.0 Å². The molecule has 304 valence electrons. The van der Waals surface area contributed by atoms with Gasteiger partial charge in [-0.05, 0) is 63.7 Å². The lowest BCUT2D eigenvalue weighted by Crippen LogP contribution is -2.67. The lowest BCUT2D eigenvalue weighted by atomic mass is 9.56. The van der Waals surface area contributed by atoms with Gasteiger partial charge in [-0.25, -0.2) is 4.79 Å². The maximum Gasteiger partial charge on any atom is 0.351 e. The molecule has 1 aliphatic rings. The van der Waals surface area contributed by atoms with Crippen LogP contribution in [0.4, 0.5) is 14.6 Å². The topological polar surface area (TPSA) is 115 Å². The number of aliphatic hydroxyl groups is 2. The summed E-state index contributed by atoms with van der Waals surface area (Å²) < 4.78 is 53.6. The van der Waals surface area contributed by atoms with E-state index in [2.05, 4.69) is 10.3 Å². The summed E-state index contributed by atoms with van der Waals surface area (Å²) in [6.07, 6.45) is -3.14. The van der Waals surface area contributed by atoms with Gasteiger partial charge < -0.3 is 29.7 Å². The highest BCUT2D eigenvalue weighted by Gasteiger charge is 2.78. The van der Waals surface area contributed by atoms with Crippen LogP contribution in [0.25, 0.3) is 0 Å². The summed E-state index contributed by atoms with van der Waals surface area (Å²) in [7, 11) is 3.07. The highest BCUT2D eigenvalue weighted by Crippen LogP contribution is 2.62. The van der Waals surface area contributed by atoms with Gasteiger partial charge in [-0.1, -0.05) is 146 Å². The van der Waals surface area contributed by atoms with Crippen molar-refractivity contribution >= 4 is 5.82 Å². The minimum Gasteiger partial charge on any atom is -0.497 e. The molecule has 3 atom stereocenters. The zero-order valence-electron chi connectivity index (χ0n) is 32.9. The number of nitrogens with one attached hydrogen (secondary N) is 1. The number of methoxy groups -OCH3 is 2. The van der Waals surface area contributed by atoms with Crippen LogP contribution in [-0.2, 0) is 15.7 Å². The summed E-state index contributed by atoms with van der Waals surface area (Å²) in [5.41, 5.74) is -4.22. The number of hydrogen-bond donors (Lipinski definition) is 3. The second kappa shape index (κ2) is 16.2. The Bertz CT molecular complexity index is 2500. The standard InChI is InChI=1S/C49H43F2N3O6/c1-58-40-27-23-36(24-28-40)46(34-15-7-3-8-16-34,35-17-9-4-10-18-35)48(57)42(33-55)60-44(49(48,50)51)54-32-31-43(52-45(54)56)53-47(37-19-11-5-12-20-37,38-21-13-6-14-22-38)39-25-29-41(59-2)30-26-39/h3-32,42,44,55,57H,33H2,1-2H3,(H,52,53,56)/t42-,44-,48+/m1/s1. The Morgan fingerprint density at radius 1 is 0.650 bits per heavy atom. The van der Waals surface area contributed by atoms with Crippen molar-refractivity contribution in [2.75, 3.05) is 26.1 Å². The normalized spacial score (nSPS) is 18.8. The monoisotopic (exact) mass is 807 g/mol. The molecule has 0 amide bonds. The van der Waals surface area contributed by atoms with Crippen molar-refractivity contribution in [3.63, 3.8) is 0 Å². The summed E-state index contributed by atoms with van der Waals surface area (Å²) in [5.74, 6) is -3.07. The van der Waals surface area contributed by atoms with E-state index in [0.717, 1.165) is 16.7 Å². The van der Waals surface area contributed by atoms with Crippen molar-refractivity contribution < 1.29 is 33.2 Å². The summed E-state index contributed by atoms with van der Waals surface area (Å²) in [6, 6.07) is 51.4. The van der Waals surface area contributed by atoms with Crippen LogP contribution < -0.4 is 20.5 Å². The Morgan fingerprint density at radius 3 is 1.47 bits per heavy atom. The molecule has 8 rings (SSSR count). The lowest BCUT2D eigenvalue weighted by molar-refractivity contribution is -0.206. The van der Waals surface area contributed by atoms with Crippen LogP contribution in [-0.4, -0.2) is 58.2 Å². The fraction of sp³-hybridized carbons (Fsp3) is 0.184. The van der Waals surface area contributed by atoms with E-state index in [1.165, 1.54) is 19.4 Å². The minimum absolute atomic E-state index is 0.0798. The van der Waals surface area contributed by atoms with Gasteiger partial charge in [-0.3, -0.25) is 4.57 Å². The van der Waals surface area contributed by atoms with Crippen LogP contribution in [0.2, 0.25) is 0 Å². The molecule has 0 spiro atoms. The first kappa shape index (κ1) is 40.1. The van der Waals surface area contributed by atoms with Crippen LogP contribution in [0.15, 0.2) is 187 Å². The van der Waals surface area contributed by atoms with Crippen molar-refractivity contribution in [2.45, 2.75) is 34.8 Å². The Hall–Kier alpha value is -6.66. The summed E-state index contributed by atoms with van der Waals surface area (Å²) in [6.45, 7) is -1.01. The fourth-order valence-corrected chi connectivity index (χ4v) is 8.81. The molecule has 3 N–H and O–H groups in total. The second-order valence-corrected chi connectivity index (χ2v) is 14.6. The molecule has 7 aromatic rings. The maximum absolute atomic E-state index is 18.0. The third-order valence-corrected chi connectivity index (χ3v) is 11.6. The molecule has 11 heteroatoms. The SMILES string of the molecule is COc1ccc(C(Nc2ccn([C@@H]3O[C@H](CO)[C@](O)(C(c4ccccc4)(c4ccccc4)c4ccc(OC)cc4)C3(F)F)c(=O)n2)(c2ccccc2)c2ccccc2)cc1. The van der Waals surface area contributed by atoms with Crippen LogP contribution in [0.3, 0.4) is 0 Å². The third kappa shape index (κ3) is 6.33. The van der Waals surface area contributed by atoms with Gasteiger partial charge in [-0.2, -0.15) is 13.8 Å². The van der Waals surface area contributed by atoms with E-state index in [1.807, 2.05) is 84.9 Å². The van der Waals surface area contributed by atoms with Gasteiger partial charge in [0, 0.05) is 6.20 Å². The fourth-order valence-electron chi connectivity index (χ4n) is 8.81. The van der Waals surface area contributed by atoms with Crippen molar-refractivity contribution in [1.29, 1.82) is 0 Å². The molecule has 2 heterocycles. The summed E-state index contributed by atoms with van der Waals surface area (Å²) in [5, 5.41) is 27.6. The average Bonchev–Trinajstić information content (AvgIpc) is 3.51. The van der Waals surface area contributed by atoms with Gasteiger partial charge in [0.05, 0.1) is 26.2 Å². The summed E-state index contributed by atoms with van der Waals surface area (Å²) in [4.78, 5) is 18.6. The Labute approximate surface area is 346 Å². The predicted octanol–water partition coefficient (Wildman–Crippen LogP) is 7.96. The first-order valence-corrected chi connectivity index (χ1v) is 19.4. The number of benzene rings is 6. The maximum atomic E-state index is 18.0. The largest absolute Gasteiger partial charge is 0.497 e. The van der Waals surface area contributed by atoms with Gasteiger partial charge in [0.15, 0.2) is 5.60 Å². The molecule has 60 heavy (non-hydrogen) atoms.